The third kappa shape index (κ3) is 6.21. The van der Waals surface area contributed by atoms with Crippen LogP contribution >= 0.6 is 0 Å². The summed E-state index contributed by atoms with van der Waals surface area (Å²) in [5.74, 6) is 2.55. The fourth-order valence-corrected chi connectivity index (χ4v) is 4.40. The quantitative estimate of drug-likeness (QED) is 0.524. The molecule has 0 bridgehead atoms. The molecule has 1 fully saturated rings. The van der Waals surface area contributed by atoms with Gasteiger partial charge in [0.2, 0.25) is 10.0 Å². The molecule has 1 aromatic rings. The zero-order valence-corrected chi connectivity index (χ0v) is 17.6. The predicted molar refractivity (Wildman–Crippen MR) is 111 cm³/mol. The third-order valence-corrected chi connectivity index (χ3v) is 6.42. The minimum atomic E-state index is -3.63. The number of hydrogen-bond donors (Lipinski definition) is 2. The number of nitrogens with zero attached hydrogens (tertiary/aromatic N) is 2. The summed E-state index contributed by atoms with van der Waals surface area (Å²) in [6.07, 6.45) is 4.50. The first-order valence-corrected chi connectivity index (χ1v) is 11.6. The van der Waals surface area contributed by atoms with E-state index in [1.54, 1.807) is 24.3 Å². The van der Waals surface area contributed by atoms with Crippen molar-refractivity contribution in [3.05, 3.63) is 29.8 Å². The van der Waals surface area contributed by atoms with Gasteiger partial charge in [-0.25, -0.2) is 13.6 Å². The van der Waals surface area contributed by atoms with Gasteiger partial charge in [0.25, 0.3) is 0 Å². The van der Waals surface area contributed by atoms with Crippen molar-refractivity contribution >= 4 is 16.0 Å². The molecule has 0 saturated carbocycles. The number of benzene rings is 1. The first-order chi connectivity index (χ1) is 12.9. The van der Waals surface area contributed by atoms with Crippen LogP contribution < -0.4 is 10.5 Å². The third-order valence-electron chi connectivity index (χ3n) is 5.49. The number of guanidine groups is 1. The summed E-state index contributed by atoms with van der Waals surface area (Å²) in [5, 5.41) is 8.55. The molecule has 27 heavy (non-hydrogen) atoms. The van der Waals surface area contributed by atoms with Crippen LogP contribution in [0, 0.1) is 11.8 Å². The van der Waals surface area contributed by atoms with Crippen molar-refractivity contribution in [3.8, 4) is 0 Å². The molecule has 2 rings (SSSR count). The van der Waals surface area contributed by atoms with E-state index in [-0.39, 0.29) is 4.90 Å². The van der Waals surface area contributed by atoms with Crippen LogP contribution in [0.25, 0.3) is 0 Å². The Morgan fingerprint density at radius 2 is 1.93 bits per heavy atom. The number of nitrogens with one attached hydrogen (secondary N) is 1. The molecule has 7 heteroatoms. The Hall–Kier alpha value is -1.60. The van der Waals surface area contributed by atoms with Gasteiger partial charge in [-0.1, -0.05) is 38.8 Å². The molecule has 0 spiro atoms. The van der Waals surface area contributed by atoms with E-state index in [0.29, 0.717) is 6.54 Å². The predicted octanol–water partition coefficient (Wildman–Crippen LogP) is 2.60. The van der Waals surface area contributed by atoms with Crippen LogP contribution in [0.2, 0.25) is 0 Å². The first kappa shape index (κ1) is 21.7. The molecule has 1 aromatic carbocycles. The van der Waals surface area contributed by atoms with Crippen molar-refractivity contribution in [1.82, 2.24) is 10.2 Å². The average molecular weight is 395 g/mol. The highest BCUT2D eigenvalue weighted by Gasteiger charge is 2.29. The summed E-state index contributed by atoms with van der Waals surface area (Å²) in [4.78, 5) is 7.33. The summed E-state index contributed by atoms with van der Waals surface area (Å²) < 4.78 is 22.7. The van der Waals surface area contributed by atoms with E-state index >= 15 is 0 Å². The number of nitrogens with two attached hydrogens (primary N) is 1. The molecule has 1 aliphatic heterocycles. The Kier molecular flexibility index (Phi) is 8.10. The normalized spacial score (nSPS) is 18.3. The van der Waals surface area contributed by atoms with Crippen LogP contribution in [0.4, 0.5) is 0 Å². The van der Waals surface area contributed by atoms with Crippen LogP contribution in [0.5, 0.6) is 0 Å². The van der Waals surface area contributed by atoms with E-state index in [2.05, 4.69) is 31.0 Å². The van der Waals surface area contributed by atoms with Crippen molar-refractivity contribution < 1.29 is 8.42 Å². The second-order valence-corrected chi connectivity index (χ2v) is 8.81. The number of sulfonamides is 1. The van der Waals surface area contributed by atoms with Gasteiger partial charge in [0.05, 0.1) is 4.90 Å². The molecule has 1 unspecified atom stereocenters. The molecular formula is C20H34N4O2S. The second kappa shape index (κ2) is 10.1. The molecule has 152 valence electrons. The van der Waals surface area contributed by atoms with Gasteiger partial charge in [-0.2, -0.15) is 0 Å². The average Bonchev–Trinajstić information content (AvgIpc) is 3.11. The van der Waals surface area contributed by atoms with Gasteiger partial charge < -0.3 is 10.2 Å². The van der Waals surface area contributed by atoms with Gasteiger partial charge in [-0.05, 0) is 49.3 Å². The molecule has 0 radical (unpaired) electrons. The van der Waals surface area contributed by atoms with Crippen LogP contribution in [0.1, 0.15) is 45.6 Å². The highest BCUT2D eigenvalue weighted by atomic mass is 32.2. The monoisotopic (exact) mass is 394 g/mol. The van der Waals surface area contributed by atoms with E-state index < -0.39 is 10.0 Å². The molecule has 1 heterocycles. The lowest BCUT2D eigenvalue weighted by Gasteiger charge is -2.24. The maximum atomic E-state index is 11.3. The Morgan fingerprint density at radius 3 is 2.48 bits per heavy atom. The van der Waals surface area contributed by atoms with Gasteiger partial charge >= 0.3 is 0 Å². The van der Waals surface area contributed by atoms with Crippen molar-refractivity contribution in [2.75, 3.05) is 26.2 Å². The lowest BCUT2D eigenvalue weighted by molar-refractivity contribution is 0.319. The minimum Gasteiger partial charge on any atom is -0.357 e. The molecule has 6 nitrogen and oxygen atoms in total. The fraction of sp³-hybridized carbons (Fsp3) is 0.650. The summed E-state index contributed by atoms with van der Waals surface area (Å²) in [6, 6.07) is 6.73. The van der Waals surface area contributed by atoms with Gasteiger partial charge in [-0.15, -0.1) is 0 Å². The van der Waals surface area contributed by atoms with Crippen LogP contribution in [0.15, 0.2) is 34.2 Å². The Balaban J connectivity index is 1.96. The number of hydrogen-bond acceptors (Lipinski definition) is 3. The maximum Gasteiger partial charge on any atom is 0.238 e. The number of likely N-dealkylation sites (tertiary alicyclic amines) is 1. The molecular weight excluding hydrogens is 360 g/mol. The van der Waals surface area contributed by atoms with Crippen molar-refractivity contribution in [3.63, 3.8) is 0 Å². The lowest BCUT2D eigenvalue weighted by atomic mass is 9.87. The van der Waals surface area contributed by atoms with Crippen LogP contribution in [0.3, 0.4) is 0 Å². The summed E-state index contributed by atoms with van der Waals surface area (Å²) in [7, 11) is -3.63. The van der Waals surface area contributed by atoms with Crippen molar-refractivity contribution in [2.45, 2.75) is 51.3 Å². The smallest absolute Gasteiger partial charge is 0.238 e. The van der Waals surface area contributed by atoms with E-state index in [4.69, 9.17) is 10.1 Å². The zero-order chi connectivity index (χ0) is 19.9. The Bertz CT molecular complexity index is 712. The molecule has 0 aliphatic carbocycles. The SMILES string of the molecule is CCNC(=NCCc1ccc(S(N)(=O)=O)cc1)N1CCC(C(CC)CC)C1. The first-order valence-electron chi connectivity index (χ1n) is 10.0. The minimum absolute atomic E-state index is 0.146. The maximum absolute atomic E-state index is 11.3. The van der Waals surface area contributed by atoms with Gasteiger partial charge in [0.1, 0.15) is 0 Å². The molecule has 1 aliphatic rings. The second-order valence-electron chi connectivity index (χ2n) is 7.25. The fourth-order valence-electron chi connectivity index (χ4n) is 3.88. The number of rotatable bonds is 8. The van der Waals surface area contributed by atoms with Crippen LogP contribution in [-0.2, 0) is 16.4 Å². The molecule has 3 N–H and O–H groups in total. The molecule has 0 amide bonds. The summed E-state index contributed by atoms with van der Waals surface area (Å²) >= 11 is 0. The van der Waals surface area contributed by atoms with Gasteiger partial charge in [0.15, 0.2) is 5.96 Å². The Morgan fingerprint density at radius 1 is 1.26 bits per heavy atom. The van der Waals surface area contributed by atoms with Crippen molar-refractivity contribution in [1.29, 1.82) is 0 Å². The summed E-state index contributed by atoms with van der Waals surface area (Å²) in [6.45, 7) is 10.3. The number of aliphatic imine (C=N–C) groups is 1. The highest BCUT2D eigenvalue weighted by Crippen LogP contribution is 2.28. The molecule has 1 atom stereocenters. The van der Waals surface area contributed by atoms with E-state index in [1.165, 1.54) is 19.3 Å². The van der Waals surface area contributed by atoms with Gasteiger partial charge in [0, 0.05) is 26.2 Å². The van der Waals surface area contributed by atoms with Crippen molar-refractivity contribution in [2.24, 2.45) is 22.0 Å². The van der Waals surface area contributed by atoms with E-state index in [1.807, 2.05) is 0 Å². The van der Waals surface area contributed by atoms with Gasteiger partial charge in [-0.3, -0.25) is 4.99 Å². The zero-order valence-electron chi connectivity index (χ0n) is 16.8. The molecule has 1 saturated heterocycles. The molecule has 0 aromatic heterocycles. The summed E-state index contributed by atoms with van der Waals surface area (Å²) in [5.41, 5.74) is 1.05. The lowest BCUT2D eigenvalue weighted by Crippen LogP contribution is -2.40. The topological polar surface area (TPSA) is 87.8 Å². The number of primary sulfonamides is 1. The van der Waals surface area contributed by atoms with E-state index in [9.17, 15) is 8.42 Å². The largest absolute Gasteiger partial charge is 0.357 e. The van der Waals surface area contributed by atoms with E-state index in [0.717, 1.165) is 49.4 Å². The van der Waals surface area contributed by atoms with Crippen LogP contribution in [-0.4, -0.2) is 45.5 Å². The Labute approximate surface area is 164 Å². The standard InChI is InChI=1S/C20H34N4O2S/c1-4-17(5-2)18-12-14-24(15-18)20(22-6-3)23-13-11-16-7-9-19(10-8-16)27(21,25)26/h7-10,17-18H,4-6,11-15H2,1-3H3,(H,22,23)(H2,21,25,26). The highest BCUT2D eigenvalue weighted by molar-refractivity contribution is 7.89.